The lowest BCUT2D eigenvalue weighted by atomic mass is 10.1. The third-order valence-corrected chi connectivity index (χ3v) is 6.93. The summed E-state index contributed by atoms with van der Waals surface area (Å²) in [6.45, 7) is -0.0718. The maximum atomic E-state index is 15.6. The molecule has 212 valence electrons. The van der Waals surface area contributed by atoms with Crippen LogP contribution in [0.4, 0.5) is 10.2 Å². The van der Waals surface area contributed by atoms with Crippen LogP contribution in [0.3, 0.4) is 0 Å². The lowest BCUT2D eigenvalue weighted by Gasteiger charge is -2.13. The largest absolute Gasteiger partial charge is 0.481 e. The quantitative estimate of drug-likeness (QED) is 0.221. The Balaban J connectivity index is 1.35. The van der Waals surface area contributed by atoms with Gasteiger partial charge in [0.1, 0.15) is 17.2 Å². The molecule has 6 aromatic rings. The maximum Gasteiger partial charge on any atom is 0.307 e. The second-order valence-corrected chi connectivity index (χ2v) is 9.84. The van der Waals surface area contributed by atoms with Gasteiger partial charge in [-0.3, -0.25) is 14.2 Å². The number of aliphatic carboxylic acids is 1. The van der Waals surface area contributed by atoms with Crippen LogP contribution in [0.5, 0.6) is 0 Å². The summed E-state index contributed by atoms with van der Waals surface area (Å²) in [5.74, 6) is -1.24. The molecular weight excluding hydrogens is 547 g/mol. The van der Waals surface area contributed by atoms with Gasteiger partial charge in [-0.2, -0.15) is 0 Å². The lowest BCUT2D eigenvalue weighted by Crippen LogP contribution is -2.23. The number of benzene rings is 3. The minimum absolute atomic E-state index is 0.0718. The Bertz CT molecular complexity index is 1990. The fourth-order valence-corrected chi connectivity index (χ4v) is 4.85. The van der Waals surface area contributed by atoms with Crippen molar-refractivity contribution in [2.75, 3.05) is 5.73 Å². The van der Waals surface area contributed by atoms with Gasteiger partial charge in [-0.25, -0.2) is 19.3 Å². The second-order valence-electron chi connectivity index (χ2n) is 9.84. The van der Waals surface area contributed by atoms with E-state index in [0.29, 0.717) is 39.4 Å². The number of fused-ring (bicyclic) bond motifs is 1. The number of rotatable bonds is 8. The normalized spacial score (nSPS) is 11.0. The van der Waals surface area contributed by atoms with Gasteiger partial charge >= 0.3 is 5.97 Å². The van der Waals surface area contributed by atoms with Gasteiger partial charge < -0.3 is 16.2 Å². The fraction of sp³-hybridized carbons (Fsp3) is 0.0606. The van der Waals surface area contributed by atoms with E-state index in [2.05, 4.69) is 10.3 Å². The van der Waals surface area contributed by atoms with Crippen molar-refractivity contribution in [1.29, 1.82) is 0 Å². The molecule has 3 aromatic heterocycles. The Morgan fingerprint density at radius 1 is 0.907 bits per heavy atom. The number of hydrogen-bond acceptors (Lipinski definition) is 6. The summed E-state index contributed by atoms with van der Waals surface area (Å²) in [6.07, 6.45) is 1.39. The minimum atomic E-state index is -0.994. The molecule has 4 N–H and O–H groups in total. The molecule has 0 bridgehead atoms. The molecule has 0 unspecified atom stereocenters. The number of nitrogen functional groups attached to an aromatic ring is 1. The van der Waals surface area contributed by atoms with E-state index in [1.165, 1.54) is 12.1 Å². The summed E-state index contributed by atoms with van der Waals surface area (Å²) in [5.41, 5.74) is 11.1. The summed E-state index contributed by atoms with van der Waals surface area (Å²) in [5, 5.41) is 11.7. The molecule has 0 aliphatic rings. The zero-order valence-electron chi connectivity index (χ0n) is 22.7. The van der Waals surface area contributed by atoms with Gasteiger partial charge in [-0.05, 0) is 54.1 Å². The van der Waals surface area contributed by atoms with Gasteiger partial charge in [0.15, 0.2) is 11.5 Å². The predicted molar refractivity (Wildman–Crippen MR) is 161 cm³/mol. The van der Waals surface area contributed by atoms with Crippen molar-refractivity contribution in [3.05, 3.63) is 126 Å². The second kappa shape index (κ2) is 11.5. The highest BCUT2D eigenvalue weighted by molar-refractivity contribution is 5.94. The van der Waals surface area contributed by atoms with Crippen LogP contribution in [0, 0.1) is 5.82 Å². The van der Waals surface area contributed by atoms with Gasteiger partial charge in [-0.1, -0.05) is 48.5 Å². The van der Waals surface area contributed by atoms with Crippen LogP contribution in [-0.2, 0) is 17.8 Å². The highest BCUT2D eigenvalue weighted by atomic mass is 19.1. The minimum Gasteiger partial charge on any atom is -0.481 e. The molecule has 0 aliphatic carbocycles. The number of imidazole rings is 1. The SMILES string of the molecule is Nc1ncccc1-c1nc2ccc(-c3ccccc3)nc2n1-c1ccc(CNC(=O)c2cccc(CC(=O)O)c2)c(F)c1. The molecule has 0 fully saturated rings. The standard InChI is InChI=1S/C33H25FN6O3/c34-26-18-24(12-11-23(26)19-37-33(43)22-9-4-6-20(16-22)17-29(41)42)40-31(25-10-5-15-36-30(25)35)39-28-14-13-27(38-32(28)40)21-7-2-1-3-8-21/h1-16,18H,17,19H2,(H2,35,36)(H,37,43)(H,41,42). The molecule has 0 spiro atoms. The number of carbonyl (C=O) groups is 2. The number of amides is 1. The van der Waals surface area contributed by atoms with Gasteiger partial charge in [0.2, 0.25) is 0 Å². The number of nitrogens with two attached hydrogens (primary N) is 1. The Kier molecular flexibility index (Phi) is 7.32. The van der Waals surface area contributed by atoms with Gasteiger partial charge in [-0.15, -0.1) is 0 Å². The zero-order valence-corrected chi connectivity index (χ0v) is 22.7. The molecule has 0 saturated heterocycles. The maximum absolute atomic E-state index is 15.6. The van der Waals surface area contributed by atoms with E-state index in [0.717, 1.165) is 11.3 Å². The number of halogens is 1. The van der Waals surface area contributed by atoms with Crippen molar-refractivity contribution in [3.8, 4) is 28.3 Å². The molecule has 9 nitrogen and oxygen atoms in total. The molecule has 1 amide bonds. The van der Waals surface area contributed by atoms with Crippen LogP contribution in [0.25, 0.3) is 39.5 Å². The van der Waals surface area contributed by atoms with Gasteiger partial charge in [0, 0.05) is 29.4 Å². The summed E-state index contributed by atoms with van der Waals surface area (Å²) in [7, 11) is 0. The Hall–Kier alpha value is -5.90. The summed E-state index contributed by atoms with van der Waals surface area (Å²) < 4.78 is 17.3. The summed E-state index contributed by atoms with van der Waals surface area (Å²) in [6, 6.07) is 28.0. The summed E-state index contributed by atoms with van der Waals surface area (Å²) in [4.78, 5) is 37.6. The highest BCUT2D eigenvalue weighted by Gasteiger charge is 2.20. The van der Waals surface area contributed by atoms with Gasteiger partial charge in [0.25, 0.3) is 5.91 Å². The summed E-state index contributed by atoms with van der Waals surface area (Å²) >= 11 is 0. The van der Waals surface area contributed by atoms with Crippen molar-refractivity contribution in [1.82, 2.24) is 24.8 Å². The Morgan fingerprint density at radius 3 is 2.51 bits per heavy atom. The van der Waals surface area contributed by atoms with Crippen LogP contribution in [0.2, 0.25) is 0 Å². The van der Waals surface area contributed by atoms with Crippen LogP contribution >= 0.6 is 0 Å². The van der Waals surface area contributed by atoms with E-state index < -0.39 is 17.7 Å². The molecule has 43 heavy (non-hydrogen) atoms. The van der Waals surface area contributed by atoms with E-state index in [1.54, 1.807) is 53.2 Å². The van der Waals surface area contributed by atoms with Crippen molar-refractivity contribution in [2.45, 2.75) is 13.0 Å². The molecule has 0 saturated carbocycles. The van der Waals surface area contributed by atoms with E-state index in [9.17, 15) is 9.59 Å². The monoisotopic (exact) mass is 572 g/mol. The molecule has 0 atom stereocenters. The van der Waals surface area contributed by atoms with E-state index in [-0.39, 0.29) is 24.3 Å². The first kappa shape index (κ1) is 27.3. The first-order valence-corrected chi connectivity index (χ1v) is 13.4. The van der Waals surface area contributed by atoms with Crippen molar-refractivity contribution < 1.29 is 19.1 Å². The third-order valence-electron chi connectivity index (χ3n) is 6.93. The van der Waals surface area contributed by atoms with Crippen LogP contribution in [0.15, 0.2) is 103 Å². The van der Waals surface area contributed by atoms with Gasteiger partial charge in [0.05, 0.1) is 23.4 Å². The number of anilines is 1. The Labute approximate surface area is 245 Å². The van der Waals surface area contributed by atoms with Crippen molar-refractivity contribution >= 4 is 28.9 Å². The van der Waals surface area contributed by atoms with E-state index in [4.69, 9.17) is 20.8 Å². The molecule has 3 aromatic carbocycles. The van der Waals surface area contributed by atoms with Crippen LogP contribution in [-0.4, -0.2) is 36.5 Å². The van der Waals surface area contributed by atoms with Crippen LogP contribution < -0.4 is 11.1 Å². The van der Waals surface area contributed by atoms with E-state index in [1.807, 2.05) is 42.5 Å². The molecule has 10 heteroatoms. The first-order chi connectivity index (χ1) is 20.9. The smallest absolute Gasteiger partial charge is 0.307 e. The Morgan fingerprint density at radius 2 is 1.74 bits per heavy atom. The zero-order chi connectivity index (χ0) is 29.9. The number of pyridine rings is 2. The van der Waals surface area contributed by atoms with Crippen molar-refractivity contribution in [3.63, 3.8) is 0 Å². The first-order valence-electron chi connectivity index (χ1n) is 13.4. The number of carboxylic acids is 1. The third kappa shape index (κ3) is 5.66. The number of carbonyl (C=O) groups excluding carboxylic acids is 1. The molecule has 0 radical (unpaired) electrons. The number of nitrogens with zero attached hydrogens (tertiary/aromatic N) is 4. The number of carboxylic acid groups (broad SMARTS) is 1. The number of hydrogen-bond donors (Lipinski definition) is 3. The molecular formula is C33H25FN6O3. The molecule has 0 aliphatic heterocycles. The lowest BCUT2D eigenvalue weighted by molar-refractivity contribution is -0.136. The molecule has 6 rings (SSSR count). The highest BCUT2D eigenvalue weighted by Crippen LogP contribution is 2.32. The predicted octanol–water partition coefficient (Wildman–Crippen LogP) is 5.43. The van der Waals surface area contributed by atoms with Crippen molar-refractivity contribution in [2.24, 2.45) is 0 Å². The van der Waals surface area contributed by atoms with E-state index >= 15 is 4.39 Å². The van der Waals surface area contributed by atoms with Crippen LogP contribution in [0.1, 0.15) is 21.5 Å². The average Bonchev–Trinajstić information content (AvgIpc) is 3.39. The fourth-order valence-electron chi connectivity index (χ4n) is 4.85. The molecule has 3 heterocycles. The number of nitrogens with one attached hydrogen (secondary N) is 1. The number of aromatic nitrogens is 4. The topological polar surface area (TPSA) is 136 Å². The average molecular weight is 573 g/mol.